The van der Waals surface area contributed by atoms with Crippen molar-refractivity contribution >= 4 is 10.9 Å². The topological polar surface area (TPSA) is 41.8 Å². The molecule has 0 radical (unpaired) electrons. The monoisotopic (exact) mass is 216 g/mol. The third-order valence-corrected chi connectivity index (χ3v) is 3.59. The number of fused-ring (bicyclic) bond motifs is 1. The van der Waals surface area contributed by atoms with E-state index in [2.05, 4.69) is 44.8 Å². The highest BCUT2D eigenvalue weighted by atomic mass is 14.7. The lowest BCUT2D eigenvalue weighted by atomic mass is 9.96. The molecule has 16 heavy (non-hydrogen) atoms. The summed E-state index contributed by atoms with van der Waals surface area (Å²) in [5, 5.41) is 1.33. The highest BCUT2D eigenvalue weighted by Crippen LogP contribution is 2.31. The van der Waals surface area contributed by atoms with E-state index in [0.29, 0.717) is 12.5 Å². The van der Waals surface area contributed by atoms with Crippen LogP contribution in [0.5, 0.6) is 0 Å². The first-order valence-corrected chi connectivity index (χ1v) is 5.84. The van der Waals surface area contributed by atoms with Gasteiger partial charge in [-0.05, 0) is 49.9 Å². The van der Waals surface area contributed by atoms with Crippen molar-refractivity contribution < 1.29 is 0 Å². The van der Waals surface area contributed by atoms with Crippen LogP contribution in [-0.4, -0.2) is 11.5 Å². The van der Waals surface area contributed by atoms with Crippen LogP contribution in [0.25, 0.3) is 10.9 Å². The van der Waals surface area contributed by atoms with E-state index in [1.165, 1.54) is 33.3 Å². The number of aromatic amines is 1. The molecule has 1 unspecified atom stereocenters. The van der Waals surface area contributed by atoms with Gasteiger partial charge in [0.05, 0.1) is 0 Å². The first kappa shape index (κ1) is 11.2. The van der Waals surface area contributed by atoms with E-state index in [4.69, 9.17) is 5.73 Å². The first-order chi connectivity index (χ1) is 7.56. The molecule has 0 amide bonds. The summed E-state index contributed by atoms with van der Waals surface area (Å²) < 4.78 is 0. The van der Waals surface area contributed by atoms with Crippen LogP contribution in [0.15, 0.2) is 12.1 Å². The summed E-state index contributed by atoms with van der Waals surface area (Å²) in [5.41, 5.74) is 12.4. The Morgan fingerprint density at radius 3 is 2.56 bits per heavy atom. The standard InChI is InChI=1S/C14H20N2/c1-8-5-6-12-13(9(2)7-15)11(4)16-14(12)10(8)3/h5-6,9,16H,7,15H2,1-4H3. The van der Waals surface area contributed by atoms with E-state index >= 15 is 0 Å². The molecule has 0 spiro atoms. The minimum atomic E-state index is 0.413. The fraction of sp³-hybridized carbons (Fsp3) is 0.429. The van der Waals surface area contributed by atoms with E-state index in [0.717, 1.165) is 0 Å². The molecule has 0 aliphatic rings. The number of rotatable bonds is 2. The van der Waals surface area contributed by atoms with Gasteiger partial charge in [0.15, 0.2) is 0 Å². The van der Waals surface area contributed by atoms with Gasteiger partial charge in [0.25, 0.3) is 0 Å². The molecule has 1 aromatic carbocycles. The van der Waals surface area contributed by atoms with E-state index in [1.54, 1.807) is 0 Å². The Labute approximate surface area is 96.9 Å². The van der Waals surface area contributed by atoms with Gasteiger partial charge in [-0.25, -0.2) is 0 Å². The molecule has 1 heterocycles. The van der Waals surface area contributed by atoms with Crippen molar-refractivity contribution in [1.29, 1.82) is 0 Å². The van der Waals surface area contributed by atoms with Crippen LogP contribution in [0.1, 0.15) is 35.2 Å². The predicted octanol–water partition coefficient (Wildman–Crippen LogP) is 3.16. The van der Waals surface area contributed by atoms with Gasteiger partial charge in [0.1, 0.15) is 0 Å². The minimum absolute atomic E-state index is 0.413. The second kappa shape index (κ2) is 3.95. The van der Waals surface area contributed by atoms with E-state index in [-0.39, 0.29) is 0 Å². The Balaban J connectivity index is 2.76. The lowest BCUT2D eigenvalue weighted by Crippen LogP contribution is -2.09. The van der Waals surface area contributed by atoms with Gasteiger partial charge in [0, 0.05) is 16.6 Å². The molecule has 1 aromatic heterocycles. The molecule has 2 rings (SSSR count). The number of aromatic nitrogens is 1. The molecule has 86 valence electrons. The maximum absolute atomic E-state index is 5.78. The summed E-state index contributed by atoms with van der Waals surface area (Å²) >= 11 is 0. The number of nitrogens with two attached hydrogens (primary N) is 1. The Bertz CT molecular complexity index is 523. The Morgan fingerprint density at radius 1 is 1.25 bits per heavy atom. The molecular weight excluding hydrogens is 196 g/mol. The molecule has 0 saturated carbocycles. The van der Waals surface area contributed by atoms with Gasteiger partial charge in [-0.1, -0.05) is 19.1 Å². The van der Waals surface area contributed by atoms with Crippen LogP contribution in [0, 0.1) is 20.8 Å². The van der Waals surface area contributed by atoms with Gasteiger partial charge in [0.2, 0.25) is 0 Å². The van der Waals surface area contributed by atoms with Crippen molar-refractivity contribution in [2.45, 2.75) is 33.6 Å². The fourth-order valence-corrected chi connectivity index (χ4v) is 2.41. The minimum Gasteiger partial charge on any atom is -0.358 e. The Morgan fingerprint density at radius 2 is 1.94 bits per heavy atom. The van der Waals surface area contributed by atoms with Gasteiger partial charge in [-0.15, -0.1) is 0 Å². The van der Waals surface area contributed by atoms with Gasteiger partial charge in [-0.3, -0.25) is 0 Å². The summed E-state index contributed by atoms with van der Waals surface area (Å²) in [7, 11) is 0. The molecule has 2 aromatic rings. The van der Waals surface area contributed by atoms with Crippen molar-refractivity contribution in [2.75, 3.05) is 6.54 Å². The van der Waals surface area contributed by atoms with Crippen molar-refractivity contribution in [3.63, 3.8) is 0 Å². The Hall–Kier alpha value is -1.28. The van der Waals surface area contributed by atoms with E-state index in [1.807, 2.05) is 0 Å². The summed E-state index contributed by atoms with van der Waals surface area (Å²) in [6.07, 6.45) is 0. The van der Waals surface area contributed by atoms with Crippen LogP contribution in [-0.2, 0) is 0 Å². The molecule has 0 saturated heterocycles. The second-order valence-corrected chi connectivity index (χ2v) is 4.73. The molecule has 2 nitrogen and oxygen atoms in total. The third-order valence-electron chi connectivity index (χ3n) is 3.59. The first-order valence-electron chi connectivity index (χ1n) is 5.84. The van der Waals surface area contributed by atoms with Gasteiger partial charge in [-0.2, -0.15) is 0 Å². The molecular formula is C14H20N2. The summed E-state index contributed by atoms with van der Waals surface area (Å²) in [4.78, 5) is 3.50. The Kier molecular flexibility index (Phi) is 2.76. The van der Waals surface area contributed by atoms with E-state index < -0.39 is 0 Å². The van der Waals surface area contributed by atoms with Crippen LogP contribution in [0.4, 0.5) is 0 Å². The molecule has 3 N–H and O–H groups in total. The quantitative estimate of drug-likeness (QED) is 0.795. The average molecular weight is 216 g/mol. The summed E-state index contributed by atoms with van der Waals surface area (Å²) in [5.74, 6) is 0.413. The summed E-state index contributed by atoms with van der Waals surface area (Å²) in [6.45, 7) is 9.34. The van der Waals surface area contributed by atoms with Crippen molar-refractivity contribution in [2.24, 2.45) is 5.73 Å². The number of H-pyrrole nitrogens is 1. The predicted molar refractivity (Wildman–Crippen MR) is 70.0 cm³/mol. The molecule has 0 fully saturated rings. The second-order valence-electron chi connectivity index (χ2n) is 4.73. The van der Waals surface area contributed by atoms with Crippen LogP contribution in [0.2, 0.25) is 0 Å². The van der Waals surface area contributed by atoms with Crippen LogP contribution in [0.3, 0.4) is 0 Å². The van der Waals surface area contributed by atoms with Crippen molar-refractivity contribution in [1.82, 2.24) is 4.98 Å². The largest absolute Gasteiger partial charge is 0.358 e. The molecule has 2 heteroatoms. The highest BCUT2D eigenvalue weighted by Gasteiger charge is 2.15. The zero-order valence-corrected chi connectivity index (χ0v) is 10.5. The van der Waals surface area contributed by atoms with Crippen LogP contribution < -0.4 is 5.73 Å². The maximum Gasteiger partial charge on any atom is 0.0491 e. The third kappa shape index (κ3) is 1.54. The average Bonchev–Trinajstić information content (AvgIpc) is 2.60. The number of nitrogens with one attached hydrogen (secondary N) is 1. The lowest BCUT2D eigenvalue weighted by molar-refractivity contribution is 0.773. The SMILES string of the molecule is Cc1ccc2c(C(C)CN)c(C)[nH]c2c1C. The zero-order chi connectivity index (χ0) is 11.9. The zero-order valence-electron chi connectivity index (χ0n) is 10.5. The maximum atomic E-state index is 5.78. The highest BCUT2D eigenvalue weighted by molar-refractivity contribution is 5.88. The van der Waals surface area contributed by atoms with E-state index in [9.17, 15) is 0 Å². The van der Waals surface area contributed by atoms with Gasteiger partial charge < -0.3 is 10.7 Å². The van der Waals surface area contributed by atoms with Crippen LogP contribution >= 0.6 is 0 Å². The molecule has 0 aliphatic heterocycles. The molecule has 0 aliphatic carbocycles. The number of hydrogen-bond donors (Lipinski definition) is 2. The number of hydrogen-bond acceptors (Lipinski definition) is 1. The number of benzene rings is 1. The van der Waals surface area contributed by atoms with Gasteiger partial charge >= 0.3 is 0 Å². The molecule has 0 bridgehead atoms. The fourth-order valence-electron chi connectivity index (χ4n) is 2.41. The summed E-state index contributed by atoms with van der Waals surface area (Å²) in [6, 6.07) is 4.40. The normalized spacial score (nSPS) is 13.3. The smallest absolute Gasteiger partial charge is 0.0491 e. The van der Waals surface area contributed by atoms with Crippen molar-refractivity contribution in [3.05, 3.63) is 34.5 Å². The lowest BCUT2D eigenvalue weighted by Gasteiger charge is -2.09. The van der Waals surface area contributed by atoms with Crippen molar-refractivity contribution in [3.8, 4) is 0 Å². The number of aryl methyl sites for hydroxylation is 3. The molecule has 1 atom stereocenters.